The molecule has 1 aliphatic heterocycles. The standard InChI is InChI=1S/C16H22N4OS/c1-13-4-3-9-18(10-13)12-20-16(22)19(11-17-20)14-5-7-15(21-2)8-6-14/h5-8,11,13H,3-4,9-10,12H2,1-2H3/t13-/m0/s1. The molecule has 6 heteroatoms. The van der Waals surface area contributed by atoms with Crippen LogP contribution in [0.25, 0.3) is 5.69 Å². The summed E-state index contributed by atoms with van der Waals surface area (Å²) in [5.41, 5.74) is 1.00. The number of piperidine rings is 1. The van der Waals surface area contributed by atoms with Gasteiger partial charge in [0.25, 0.3) is 0 Å². The van der Waals surface area contributed by atoms with Crippen molar-refractivity contribution in [1.82, 2.24) is 19.2 Å². The van der Waals surface area contributed by atoms with E-state index in [-0.39, 0.29) is 0 Å². The zero-order valence-electron chi connectivity index (χ0n) is 13.1. The number of rotatable bonds is 4. The summed E-state index contributed by atoms with van der Waals surface area (Å²) < 4.78 is 9.75. The number of hydrogen-bond donors (Lipinski definition) is 0. The minimum Gasteiger partial charge on any atom is -0.497 e. The van der Waals surface area contributed by atoms with E-state index in [1.165, 1.54) is 12.8 Å². The molecule has 1 aromatic carbocycles. The minimum absolute atomic E-state index is 0.725. The molecule has 0 bridgehead atoms. The van der Waals surface area contributed by atoms with Gasteiger partial charge in [-0.05, 0) is 61.8 Å². The fourth-order valence-corrected chi connectivity index (χ4v) is 3.22. The van der Waals surface area contributed by atoms with Gasteiger partial charge in [0.1, 0.15) is 12.1 Å². The third-order valence-corrected chi connectivity index (χ3v) is 4.57. The molecule has 1 saturated heterocycles. The van der Waals surface area contributed by atoms with Crippen LogP contribution in [0, 0.1) is 10.7 Å². The van der Waals surface area contributed by atoms with Gasteiger partial charge in [0.15, 0.2) is 0 Å². The van der Waals surface area contributed by atoms with Crippen molar-refractivity contribution in [3.05, 3.63) is 35.4 Å². The molecule has 2 aromatic rings. The molecule has 2 heterocycles. The summed E-state index contributed by atoms with van der Waals surface area (Å²) in [6.07, 6.45) is 4.37. The summed E-state index contributed by atoms with van der Waals surface area (Å²) in [5.74, 6) is 1.59. The number of benzene rings is 1. The topological polar surface area (TPSA) is 35.2 Å². The van der Waals surface area contributed by atoms with Crippen molar-refractivity contribution in [3.63, 3.8) is 0 Å². The van der Waals surface area contributed by atoms with Crippen LogP contribution in [0.15, 0.2) is 30.6 Å². The quantitative estimate of drug-likeness (QED) is 0.812. The Morgan fingerprint density at radius 2 is 2.09 bits per heavy atom. The van der Waals surface area contributed by atoms with Crippen molar-refractivity contribution in [2.75, 3.05) is 20.2 Å². The lowest BCUT2D eigenvalue weighted by Crippen LogP contribution is -2.36. The lowest BCUT2D eigenvalue weighted by Gasteiger charge is -2.30. The summed E-state index contributed by atoms with van der Waals surface area (Å²) in [6.45, 7) is 5.33. The third-order valence-electron chi connectivity index (χ3n) is 4.16. The average molecular weight is 318 g/mol. The first kappa shape index (κ1) is 15.2. The maximum atomic E-state index is 5.57. The van der Waals surface area contributed by atoms with Gasteiger partial charge < -0.3 is 4.74 Å². The fraction of sp³-hybridized carbons (Fsp3) is 0.500. The molecule has 0 radical (unpaired) electrons. The lowest BCUT2D eigenvalue weighted by molar-refractivity contribution is 0.138. The number of likely N-dealkylation sites (tertiary alicyclic amines) is 1. The fourth-order valence-electron chi connectivity index (χ4n) is 2.96. The number of ether oxygens (including phenoxy) is 1. The highest BCUT2D eigenvalue weighted by atomic mass is 32.1. The molecular formula is C16H22N4OS. The summed E-state index contributed by atoms with van der Waals surface area (Å²) in [6, 6.07) is 7.84. The lowest BCUT2D eigenvalue weighted by atomic mass is 10.0. The smallest absolute Gasteiger partial charge is 0.203 e. The Labute approximate surface area is 136 Å². The Bertz CT molecular complexity index is 676. The highest BCUT2D eigenvalue weighted by Crippen LogP contribution is 2.17. The van der Waals surface area contributed by atoms with Gasteiger partial charge in [0, 0.05) is 12.2 Å². The van der Waals surface area contributed by atoms with Crippen LogP contribution in [-0.4, -0.2) is 39.4 Å². The van der Waals surface area contributed by atoms with E-state index in [9.17, 15) is 0 Å². The Kier molecular flexibility index (Phi) is 4.59. The SMILES string of the molecule is COc1ccc(-n2cnn(CN3CCC[C@H](C)C3)c2=S)cc1. The second kappa shape index (κ2) is 6.62. The van der Waals surface area contributed by atoms with Gasteiger partial charge in [0.2, 0.25) is 4.77 Å². The third kappa shape index (κ3) is 3.23. The van der Waals surface area contributed by atoms with E-state index < -0.39 is 0 Å². The first-order chi connectivity index (χ1) is 10.7. The van der Waals surface area contributed by atoms with Crippen LogP contribution < -0.4 is 4.74 Å². The minimum atomic E-state index is 0.725. The predicted molar refractivity (Wildman–Crippen MR) is 88.9 cm³/mol. The average Bonchev–Trinajstić information content (AvgIpc) is 2.89. The molecule has 0 amide bonds. The highest BCUT2D eigenvalue weighted by Gasteiger charge is 2.17. The molecule has 1 aromatic heterocycles. The molecule has 0 spiro atoms. The molecule has 0 aliphatic carbocycles. The highest BCUT2D eigenvalue weighted by molar-refractivity contribution is 7.71. The van der Waals surface area contributed by atoms with Gasteiger partial charge in [0.05, 0.1) is 13.8 Å². The molecule has 3 rings (SSSR count). The van der Waals surface area contributed by atoms with E-state index in [1.807, 2.05) is 33.5 Å². The molecule has 1 atom stereocenters. The van der Waals surface area contributed by atoms with Crippen molar-refractivity contribution in [1.29, 1.82) is 0 Å². The second-order valence-corrected chi connectivity index (χ2v) is 6.31. The van der Waals surface area contributed by atoms with E-state index in [1.54, 1.807) is 13.4 Å². The van der Waals surface area contributed by atoms with Crippen LogP contribution >= 0.6 is 12.2 Å². The molecule has 118 valence electrons. The van der Waals surface area contributed by atoms with Gasteiger partial charge in [-0.15, -0.1) is 0 Å². The van der Waals surface area contributed by atoms with Crippen LogP contribution in [0.5, 0.6) is 5.75 Å². The Hall–Kier alpha value is -1.66. The van der Waals surface area contributed by atoms with Gasteiger partial charge in [-0.3, -0.25) is 9.47 Å². The summed E-state index contributed by atoms with van der Waals surface area (Å²) in [7, 11) is 1.66. The van der Waals surface area contributed by atoms with Gasteiger partial charge in [-0.25, -0.2) is 4.68 Å². The Morgan fingerprint density at radius 1 is 1.32 bits per heavy atom. The van der Waals surface area contributed by atoms with Crippen LogP contribution in [0.4, 0.5) is 0 Å². The summed E-state index contributed by atoms with van der Waals surface area (Å²) in [4.78, 5) is 2.43. The molecule has 0 N–H and O–H groups in total. The first-order valence-electron chi connectivity index (χ1n) is 7.68. The van der Waals surface area contributed by atoms with Crippen LogP contribution in [0.1, 0.15) is 19.8 Å². The van der Waals surface area contributed by atoms with Crippen molar-refractivity contribution in [2.24, 2.45) is 5.92 Å². The molecule has 0 unspecified atom stereocenters. The van der Waals surface area contributed by atoms with Gasteiger partial charge in [-0.2, -0.15) is 5.10 Å². The zero-order chi connectivity index (χ0) is 15.5. The van der Waals surface area contributed by atoms with Gasteiger partial charge in [-0.1, -0.05) is 6.92 Å². The van der Waals surface area contributed by atoms with E-state index in [4.69, 9.17) is 17.0 Å². The second-order valence-electron chi connectivity index (χ2n) is 5.95. The molecule has 1 aliphatic rings. The maximum absolute atomic E-state index is 5.57. The number of nitrogens with zero attached hydrogens (tertiary/aromatic N) is 4. The monoisotopic (exact) mass is 318 g/mol. The summed E-state index contributed by atoms with van der Waals surface area (Å²) in [5, 5.41) is 4.46. The van der Waals surface area contributed by atoms with Crippen LogP contribution in [0.3, 0.4) is 0 Å². The molecular weight excluding hydrogens is 296 g/mol. The van der Waals surface area contributed by atoms with Crippen molar-refractivity contribution < 1.29 is 4.74 Å². The largest absolute Gasteiger partial charge is 0.497 e. The van der Waals surface area contributed by atoms with Gasteiger partial charge >= 0.3 is 0 Å². The number of methoxy groups -OCH3 is 1. The normalized spacial score (nSPS) is 19.3. The van der Waals surface area contributed by atoms with Crippen LogP contribution in [0.2, 0.25) is 0 Å². The van der Waals surface area contributed by atoms with Crippen LogP contribution in [-0.2, 0) is 6.67 Å². The van der Waals surface area contributed by atoms with Crippen molar-refractivity contribution >= 4 is 12.2 Å². The zero-order valence-corrected chi connectivity index (χ0v) is 13.9. The van der Waals surface area contributed by atoms with Crippen molar-refractivity contribution in [2.45, 2.75) is 26.4 Å². The van der Waals surface area contributed by atoms with E-state index in [2.05, 4.69) is 16.9 Å². The van der Waals surface area contributed by atoms with Crippen molar-refractivity contribution in [3.8, 4) is 11.4 Å². The van der Waals surface area contributed by atoms with E-state index in [0.717, 1.165) is 41.9 Å². The maximum Gasteiger partial charge on any atom is 0.203 e. The predicted octanol–water partition coefficient (Wildman–Crippen LogP) is 3.10. The Morgan fingerprint density at radius 3 is 2.77 bits per heavy atom. The number of hydrogen-bond acceptors (Lipinski definition) is 4. The molecule has 5 nitrogen and oxygen atoms in total. The molecule has 0 saturated carbocycles. The molecule has 1 fully saturated rings. The van der Waals surface area contributed by atoms with E-state index >= 15 is 0 Å². The summed E-state index contributed by atoms with van der Waals surface area (Å²) >= 11 is 5.57. The molecule has 22 heavy (non-hydrogen) atoms. The Balaban J connectivity index is 1.77. The number of aromatic nitrogens is 3. The first-order valence-corrected chi connectivity index (χ1v) is 8.09. The van der Waals surface area contributed by atoms with E-state index in [0.29, 0.717) is 0 Å².